The van der Waals surface area contributed by atoms with E-state index in [4.69, 9.17) is 0 Å². The number of hydrogen-bond acceptors (Lipinski definition) is 3. The van der Waals surface area contributed by atoms with Crippen molar-refractivity contribution in [3.8, 4) is 0 Å². The van der Waals surface area contributed by atoms with Gasteiger partial charge in [0, 0.05) is 23.9 Å². The SMILES string of the molecule is CCCN(CC(=O)N1CCc2sccc2[C@H]1c1ccccc1C)C(=O)C1CCCC1. The van der Waals surface area contributed by atoms with E-state index in [1.807, 2.05) is 15.9 Å². The second kappa shape index (κ2) is 9.34. The number of carbonyl (C=O) groups is 2. The summed E-state index contributed by atoms with van der Waals surface area (Å²) in [5, 5.41) is 2.14. The molecule has 5 heteroatoms. The highest BCUT2D eigenvalue weighted by Gasteiger charge is 2.35. The van der Waals surface area contributed by atoms with Gasteiger partial charge in [0.25, 0.3) is 0 Å². The molecule has 160 valence electrons. The Morgan fingerprint density at radius 2 is 1.90 bits per heavy atom. The summed E-state index contributed by atoms with van der Waals surface area (Å²) in [4.78, 5) is 31.9. The molecule has 1 aromatic heterocycles. The van der Waals surface area contributed by atoms with Crippen LogP contribution in [0.2, 0.25) is 0 Å². The predicted molar refractivity (Wildman–Crippen MR) is 122 cm³/mol. The molecule has 0 bridgehead atoms. The van der Waals surface area contributed by atoms with Crippen LogP contribution in [0.3, 0.4) is 0 Å². The molecule has 1 atom stereocenters. The quantitative estimate of drug-likeness (QED) is 0.658. The van der Waals surface area contributed by atoms with Crippen LogP contribution in [0.15, 0.2) is 35.7 Å². The van der Waals surface area contributed by atoms with Gasteiger partial charge in [-0.3, -0.25) is 9.59 Å². The Morgan fingerprint density at radius 1 is 1.13 bits per heavy atom. The first-order chi connectivity index (χ1) is 14.6. The van der Waals surface area contributed by atoms with E-state index in [1.54, 1.807) is 11.3 Å². The standard InChI is InChI=1S/C25H32N2O2S/c1-3-14-26(25(29)19-9-5-6-10-19)17-23(28)27-15-12-22-21(13-16-30-22)24(27)20-11-7-4-8-18(20)2/h4,7-8,11,13,16,19,24H,3,5-6,9-10,12,14-15,17H2,1-2H3/t24-/m1/s1. The van der Waals surface area contributed by atoms with E-state index in [-0.39, 0.29) is 30.3 Å². The molecule has 30 heavy (non-hydrogen) atoms. The molecule has 4 nitrogen and oxygen atoms in total. The lowest BCUT2D eigenvalue weighted by Crippen LogP contribution is -2.48. The first-order valence-electron chi connectivity index (χ1n) is 11.3. The second-order valence-corrected chi connectivity index (χ2v) is 9.64. The van der Waals surface area contributed by atoms with Gasteiger partial charge in [-0.2, -0.15) is 0 Å². The topological polar surface area (TPSA) is 40.6 Å². The maximum absolute atomic E-state index is 13.6. The van der Waals surface area contributed by atoms with E-state index in [0.717, 1.165) is 38.5 Å². The predicted octanol–water partition coefficient (Wildman–Crippen LogP) is 4.96. The molecular weight excluding hydrogens is 392 g/mol. The summed E-state index contributed by atoms with van der Waals surface area (Å²) in [6.07, 6.45) is 5.98. The number of rotatable bonds is 6. The number of fused-ring (bicyclic) bond motifs is 1. The first kappa shape index (κ1) is 21.1. The number of thiophene rings is 1. The van der Waals surface area contributed by atoms with Gasteiger partial charge in [0.2, 0.25) is 11.8 Å². The van der Waals surface area contributed by atoms with Crippen LogP contribution >= 0.6 is 11.3 Å². The zero-order chi connectivity index (χ0) is 21.1. The molecule has 1 saturated carbocycles. The molecule has 0 N–H and O–H groups in total. The van der Waals surface area contributed by atoms with E-state index in [0.29, 0.717) is 13.1 Å². The summed E-state index contributed by atoms with van der Waals surface area (Å²) >= 11 is 1.78. The fourth-order valence-corrected chi connectivity index (χ4v) is 5.94. The van der Waals surface area contributed by atoms with Crippen LogP contribution in [0.5, 0.6) is 0 Å². The van der Waals surface area contributed by atoms with Crippen LogP contribution < -0.4 is 0 Å². The van der Waals surface area contributed by atoms with Gasteiger partial charge >= 0.3 is 0 Å². The summed E-state index contributed by atoms with van der Waals surface area (Å²) in [5.41, 5.74) is 3.64. The van der Waals surface area contributed by atoms with E-state index in [1.165, 1.54) is 21.6 Å². The summed E-state index contributed by atoms with van der Waals surface area (Å²) in [7, 11) is 0. The largest absolute Gasteiger partial charge is 0.333 e. The number of aryl methyl sites for hydroxylation is 1. The molecule has 2 amide bonds. The van der Waals surface area contributed by atoms with Crippen LogP contribution in [-0.2, 0) is 16.0 Å². The van der Waals surface area contributed by atoms with Crippen molar-refractivity contribution in [3.05, 3.63) is 57.3 Å². The zero-order valence-electron chi connectivity index (χ0n) is 18.1. The fraction of sp³-hybridized carbons (Fsp3) is 0.520. The summed E-state index contributed by atoms with van der Waals surface area (Å²) in [5.74, 6) is 0.365. The Balaban J connectivity index is 1.59. The third-order valence-corrected chi connectivity index (χ3v) is 7.60. The van der Waals surface area contributed by atoms with Gasteiger partial charge in [-0.25, -0.2) is 0 Å². The van der Waals surface area contributed by atoms with E-state index < -0.39 is 0 Å². The highest BCUT2D eigenvalue weighted by Crippen LogP contribution is 2.39. The Labute approximate surface area is 183 Å². The third kappa shape index (κ3) is 4.18. The minimum absolute atomic E-state index is 0.0567. The van der Waals surface area contributed by atoms with Gasteiger partial charge in [0.05, 0.1) is 12.6 Å². The minimum atomic E-state index is -0.0567. The Kier molecular flexibility index (Phi) is 6.57. The smallest absolute Gasteiger partial charge is 0.242 e. The van der Waals surface area contributed by atoms with Crippen LogP contribution in [0.25, 0.3) is 0 Å². The number of benzene rings is 1. The second-order valence-electron chi connectivity index (χ2n) is 8.64. The molecule has 1 aliphatic heterocycles. The van der Waals surface area contributed by atoms with Crippen molar-refractivity contribution < 1.29 is 9.59 Å². The summed E-state index contributed by atoms with van der Waals surface area (Å²) in [6.45, 7) is 5.77. The van der Waals surface area contributed by atoms with Crippen LogP contribution in [0.4, 0.5) is 0 Å². The van der Waals surface area contributed by atoms with Crippen molar-refractivity contribution in [1.82, 2.24) is 9.80 Å². The van der Waals surface area contributed by atoms with Crippen LogP contribution in [-0.4, -0.2) is 41.2 Å². The lowest BCUT2D eigenvalue weighted by atomic mass is 9.90. The number of amides is 2. The molecule has 0 saturated heterocycles. The monoisotopic (exact) mass is 424 g/mol. The molecule has 0 spiro atoms. The van der Waals surface area contributed by atoms with E-state index in [2.05, 4.69) is 43.5 Å². The van der Waals surface area contributed by atoms with E-state index >= 15 is 0 Å². The minimum Gasteiger partial charge on any atom is -0.333 e. The summed E-state index contributed by atoms with van der Waals surface area (Å²) < 4.78 is 0. The molecule has 4 rings (SSSR count). The van der Waals surface area contributed by atoms with Gasteiger partial charge in [0.1, 0.15) is 0 Å². The van der Waals surface area contributed by atoms with Crippen LogP contribution in [0.1, 0.15) is 66.6 Å². The number of nitrogens with zero attached hydrogens (tertiary/aromatic N) is 2. The van der Waals surface area contributed by atoms with Gasteiger partial charge in [-0.05, 0) is 60.7 Å². The normalized spacial score (nSPS) is 19.0. The Bertz CT molecular complexity index is 900. The maximum Gasteiger partial charge on any atom is 0.242 e. The van der Waals surface area contributed by atoms with Crippen molar-refractivity contribution >= 4 is 23.2 Å². The van der Waals surface area contributed by atoms with Gasteiger partial charge in [0.15, 0.2) is 0 Å². The average Bonchev–Trinajstić information content (AvgIpc) is 3.44. The molecule has 0 unspecified atom stereocenters. The lowest BCUT2D eigenvalue weighted by Gasteiger charge is -2.38. The van der Waals surface area contributed by atoms with Gasteiger partial charge in [-0.15, -0.1) is 11.3 Å². The van der Waals surface area contributed by atoms with Crippen molar-refractivity contribution in [1.29, 1.82) is 0 Å². The number of carbonyl (C=O) groups excluding carboxylic acids is 2. The summed E-state index contributed by atoms with van der Waals surface area (Å²) in [6, 6.07) is 10.5. The van der Waals surface area contributed by atoms with E-state index in [9.17, 15) is 9.59 Å². The molecule has 2 aromatic rings. The molecular formula is C25H32N2O2S. The maximum atomic E-state index is 13.6. The molecule has 1 aromatic carbocycles. The highest BCUT2D eigenvalue weighted by atomic mass is 32.1. The van der Waals surface area contributed by atoms with Crippen molar-refractivity contribution in [2.24, 2.45) is 5.92 Å². The molecule has 2 heterocycles. The van der Waals surface area contributed by atoms with Crippen LogP contribution in [0, 0.1) is 12.8 Å². The first-order valence-corrected chi connectivity index (χ1v) is 12.2. The highest BCUT2D eigenvalue weighted by molar-refractivity contribution is 7.10. The molecule has 2 aliphatic rings. The Morgan fingerprint density at radius 3 is 2.63 bits per heavy atom. The Hall–Kier alpha value is -2.14. The van der Waals surface area contributed by atoms with Crippen molar-refractivity contribution in [3.63, 3.8) is 0 Å². The molecule has 1 fully saturated rings. The average molecular weight is 425 g/mol. The zero-order valence-corrected chi connectivity index (χ0v) is 18.9. The van der Waals surface area contributed by atoms with Gasteiger partial charge in [-0.1, -0.05) is 44.0 Å². The number of hydrogen-bond donors (Lipinski definition) is 0. The van der Waals surface area contributed by atoms with Crippen molar-refractivity contribution in [2.45, 2.75) is 58.4 Å². The molecule has 0 radical (unpaired) electrons. The van der Waals surface area contributed by atoms with Crippen molar-refractivity contribution in [2.75, 3.05) is 19.6 Å². The lowest BCUT2D eigenvalue weighted by molar-refractivity contribution is -0.144. The third-order valence-electron chi connectivity index (χ3n) is 6.61. The van der Waals surface area contributed by atoms with Gasteiger partial charge < -0.3 is 9.80 Å². The molecule has 1 aliphatic carbocycles. The fourth-order valence-electron chi connectivity index (χ4n) is 5.04.